The number of hydrogen-bond acceptors (Lipinski definition) is 2. The molecule has 2 nitrogen and oxygen atoms in total. The summed E-state index contributed by atoms with van der Waals surface area (Å²) in [6, 6.07) is 12.0. The van der Waals surface area contributed by atoms with Gasteiger partial charge in [-0.05, 0) is 30.5 Å². The van der Waals surface area contributed by atoms with Crippen molar-refractivity contribution in [1.82, 2.24) is 0 Å². The van der Waals surface area contributed by atoms with Gasteiger partial charge in [0.2, 0.25) is 0 Å². The lowest BCUT2D eigenvalue weighted by Crippen LogP contribution is -2.11. The molecule has 0 aromatic heterocycles. The lowest BCUT2D eigenvalue weighted by Gasteiger charge is -2.09. The fraction of sp³-hybridized carbons (Fsp3) is 0.167. The molecule has 1 unspecified atom stereocenters. The molecular weight excluding hydrogens is 248 g/mol. The molecule has 2 aromatic rings. The van der Waals surface area contributed by atoms with Crippen LogP contribution in [0.15, 0.2) is 43.0 Å². The molecule has 100 valence electrons. The smallest absolute Gasteiger partial charge is 0.323 e. The van der Waals surface area contributed by atoms with Crippen molar-refractivity contribution in [1.29, 1.82) is 0 Å². The molecule has 0 N–H and O–H groups in total. The van der Waals surface area contributed by atoms with Crippen LogP contribution in [0.3, 0.4) is 0 Å². The zero-order valence-corrected chi connectivity index (χ0v) is 11.6. The molecule has 2 heteroatoms. The van der Waals surface area contributed by atoms with E-state index in [1.807, 2.05) is 50.2 Å². The predicted molar refractivity (Wildman–Crippen MR) is 79.9 cm³/mol. The van der Waals surface area contributed by atoms with Crippen LogP contribution in [0.4, 0.5) is 0 Å². The highest BCUT2D eigenvalue weighted by atomic mass is 16.5. The summed E-state index contributed by atoms with van der Waals surface area (Å²) in [6.07, 6.45) is 1.79. The summed E-state index contributed by atoms with van der Waals surface area (Å²) >= 11 is 0. The molecule has 0 amide bonds. The SMILES string of the molecule is C=Cc1ccc(C2C(=O)Oc3c(C)cc(C)cc32)cc1. The minimum absolute atomic E-state index is 0.194. The van der Waals surface area contributed by atoms with Crippen LogP contribution in [-0.2, 0) is 4.79 Å². The van der Waals surface area contributed by atoms with Crippen LogP contribution in [0.2, 0.25) is 0 Å². The van der Waals surface area contributed by atoms with Crippen LogP contribution < -0.4 is 4.74 Å². The zero-order valence-electron chi connectivity index (χ0n) is 11.6. The fourth-order valence-corrected chi connectivity index (χ4v) is 2.77. The third kappa shape index (κ3) is 1.94. The lowest BCUT2D eigenvalue weighted by atomic mass is 9.90. The van der Waals surface area contributed by atoms with Crippen molar-refractivity contribution < 1.29 is 9.53 Å². The highest BCUT2D eigenvalue weighted by Gasteiger charge is 2.35. The van der Waals surface area contributed by atoms with E-state index in [4.69, 9.17) is 4.74 Å². The number of ether oxygens (including phenoxy) is 1. The zero-order chi connectivity index (χ0) is 14.3. The first-order valence-electron chi connectivity index (χ1n) is 6.65. The van der Waals surface area contributed by atoms with Crippen LogP contribution in [0.25, 0.3) is 6.08 Å². The number of fused-ring (bicyclic) bond motifs is 1. The van der Waals surface area contributed by atoms with Crippen molar-refractivity contribution in [3.05, 3.63) is 70.8 Å². The maximum absolute atomic E-state index is 12.2. The van der Waals surface area contributed by atoms with Crippen molar-refractivity contribution >= 4 is 12.0 Å². The molecule has 2 aromatic carbocycles. The Hall–Kier alpha value is -2.35. The van der Waals surface area contributed by atoms with Gasteiger partial charge in [-0.1, -0.05) is 54.6 Å². The van der Waals surface area contributed by atoms with Crippen molar-refractivity contribution in [2.45, 2.75) is 19.8 Å². The standard InChI is InChI=1S/C18H16O2/c1-4-13-5-7-14(8-6-13)16-15-10-11(2)9-12(3)17(15)20-18(16)19/h4-10,16H,1H2,2-3H3. The van der Waals surface area contributed by atoms with E-state index in [1.54, 1.807) is 6.08 Å². The van der Waals surface area contributed by atoms with E-state index in [0.29, 0.717) is 0 Å². The fourth-order valence-electron chi connectivity index (χ4n) is 2.77. The predicted octanol–water partition coefficient (Wildman–Crippen LogP) is 4.00. The minimum Gasteiger partial charge on any atom is -0.425 e. The van der Waals surface area contributed by atoms with Crippen LogP contribution >= 0.6 is 0 Å². The molecule has 0 radical (unpaired) electrons. The second kappa shape index (κ2) is 4.64. The summed E-state index contributed by atoms with van der Waals surface area (Å²) in [5.74, 6) is 0.209. The van der Waals surface area contributed by atoms with Gasteiger partial charge in [0, 0.05) is 5.56 Å². The monoisotopic (exact) mass is 264 g/mol. The van der Waals surface area contributed by atoms with E-state index in [1.165, 1.54) is 0 Å². The molecule has 1 aliphatic heterocycles. The van der Waals surface area contributed by atoms with Gasteiger partial charge in [-0.2, -0.15) is 0 Å². The molecule has 0 saturated carbocycles. The second-order valence-electron chi connectivity index (χ2n) is 5.23. The minimum atomic E-state index is -0.317. The molecular formula is C18H16O2. The molecule has 1 aliphatic rings. The maximum Gasteiger partial charge on any atom is 0.323 e. The number of esters is 1. The van der Waals surface area contributed by atoms with Crippen molar-refractivity contribution in [3.8, 4) is 5.75 Å². The Morgan fingerprint density at radius 1 is 1.15 bits per heavy atom. The van der Waals surface area contributed by atoms with Gasteiger partial charge in [0.25, 0.3) is 0 Å². The van der Waals surface area contributed by atoms with Gasteiger partial charge in [-0.15, -0.1) is 0 Å². The molecule has 3 rings (SSSR count). The Morgan fingerprint density at radius 2 is 1.85 bits per heavy atom. The number of rotatable bonds is 2. The van der Waals surface area contributed by atoms with E-state index < -0.39 is 0 Å². The maximum atomic E-state index is 12.2. The van der Waals surface area contributed by atoms with Crippen molar-refractivity contribution in [2.75, 3.05) is 0 Å². The Balaban J connectivity index is 2.11. The van der Waals surface area contributed by atoms with Gasteiger partial charge >= 0.3 is 5.97 Å². The molecule has 20 heavy (non-hydrogen) atoms. The van der Waals surface area contributed by atoms with Crippen LogP contribution in [0.1, 0.15) is 33.7 Å². The van der Waals surface area contributed by atoms with E-state index in [2.05, 4.69) is 6.58 Å². The summed E-state index contributed by atoms with van der Waals surface area (Å²) in [7, 11) is 0. The Kier molecular flexibility index (Phi) is 2.94. The number of aryl methyl sites for hydroxylation is 2. The number of carbonyl (C=O) groups excluding carboxylic acids is 1. The highest BCUT2D eigenvalue weighted by Crippen LogP contribution is 2.41. The van der Waals surface area contributed by atoms with Gasteiger partial charge in [-0.25, -0.2) is 0 Å². The summed E-state index contributed by atoms with van der Waals surface area (Å²) in [5, 5.41) is 0. The van der Waals surface area contributed by atoms with Gasteiger partial charge in [-0.3, -0.25) is 4.79 Å². The van der Waals surface area contributed by atoms with Gasteiger partial charge < -0.3 is 4.74 Å². The average molecular weight is 264 g/mol. The van der Waals surface area contributed by atoms with E-state index in [9.17, 15) is 4.79 Å². The van der Waals surface area contributed by atoms with Gasteiger partial charge in [0.05, 0.1) is 0 Å². The molecule has 0 spiro atoms. The molecule has 0 fully saturated rings. The quantitative estimate of drug-likeness (QED) is 0.605. The summed E-state index contributed by atoms with van der Waals surface area (Å²) in [4.78, 5) is 12.2. The molecule has 0 aliphatic carbocycles. The largest absolute Gasteiger partial charge is 0.425 e. The third-order valence-electron chi connectivity index (χ3n) is 3.70. The summed E-state index contributed by atoms with van der Waals surface area (Å²) in [6.45, 7) is 7.75. The van der Waals surface area contributed by atoms with Crippen LogP contribution in [-0.4, -0.2) is 5.97 Å². The number of benzene rings is 2. The molecule has 0 bridgehead atoms. The van der Waals surface area contributed by atoms with Gasteiger partial charge in [0.15, 0.2) is 0 Å². The van der Waals surface area contributed by atoms with Crippen molar-refractivity contribution in [3.63, 3.8) is 0 Å². The van der Waals surface area contributed by atoms with Crippen LogP contribution in [0.5, 0.6) is 5.75 Å². The highest BCUT2D eigenvalue weighted by molar-refractivity contribution is 5.90. The Labute approximate surface area is 118 Å². The normalized spacial score (nSPS) is 16.7. The Bertz CT molecular complexity index is 696. The summed E-state index contributed by atoms with van der Waals surface area (Å²) in [5.41, 5.74) is 5.13. The second-order valence-corrected chi connectivity index (χ2v) is 5.23. The topological polar surface area (TPSA) is 26.3 Å². The lowest BCUT2D eigenvalue weighted by molar-refractivity contribution is -0.133. The average Bonchev–Trinajstić information content (AvgIpc) is 2.76. The first kappa shape index (κ1) is 12.7. The van der Waals surface area contributed by atoms with E-state index in [0.717, 1.165) is 33.6 Å². The third-order valence-corrected chi connectivity index (χ3v) is 3.70. The molecule has 1 heterocycles. The van der Waals surface area contributed by atoms with Crippen LogP contribution in [0, 0.1) is 13.8 Å². The molecule has 0 saturated heterocycles. The first-order valence-corrected chi connectivity index (χ1v) is 6.65. The summed E-state index contributed by atoms with van der Waals surface area (Å²) < 4.78 is 5.46. The Morgan fingerprint density at radius 3 is 2.50 bits per heavy atom. The first-order chi connectivity index (χ1) is 9.60. The molecule has 1 atom stereocenters. The van der Waals surface area contributed by atoms with E-state index in [-0.39, 0.29) is 11.9 Å². The van der Waals surface area contributed by atoms with E-state index >= 15 is 0 Å². The number of carbonyl (C=O) groups is 1. The van der Waals surface area contributed by atoms with Crippen molar-refractivity contribution in [2.24, 2.45) is 0 Å². The van der Waals surface area contributed by atoms with Gasteiger partial charge in [0.1, 0.15) is 11.7 Å². The number of hydrogen-bond donors (Lipinski definition) is 0.